The monoisotopic (exact) mass is 489 g/mol. The summed E-state index contributed by atoms with van der Waals surface area (Å²) in [4.78, 5) is 30.7. The van der Waals surface area contributed by atoms with Crippen molar-refractivity contribution < 1.29 is 23.7 Å². The van der Waals surface area contributed by atoms with E-state index < -0.39 is 7.82 Å². The van der Waals surface area contributed by atoms with Gasteiger partial charge in [-0.3, -0.25) is 4.52 Å². The minimum atomic E-state index is -4.27. The Labute approximate surface area is 203 Å². The van der Waals surface area contributed by atoms with Crippen molar-refractivity contribution in [1.82, 2.24) is 0 Å². The number of hydrogen-bond acceptors (Lipinski definition) is 4. The molecule has 0 aromatic carbocycles. The summed E-state index contributed by atoms with van der Waals surface area (Å²) in [5.74, 6) is 0. The van der Waals surface area contributed by atoms with E-state index in [9.17, 15) is 9.36 Å². The molecule has 0 amide bonds. The van der Waals surface area contributed by atoms with E-state index in [4.69, 9.17) is 9.79 Å². The molecule has 0 aliphatic heterocycles. The standard InChI is InChI=1S/C26H52NO5P/c28-26-27-24-22-20-18-16-14-12-10-8-6-4-2-1-3-5-7-9-11-13-15-17-19-21-23-25-32-33(29,30)31/h1-25H2,(H2,29,30,31). The SMILES string of the molecule is O=C=NCCCCCCCCCCCCCCCCCCCCCCCCCOP(=O)(O)O. The first-order valence-corrected chi connectivity index (χ1v) is 15.3. The third-order valence-electron chi connectivity index (χ3n) is 6.24. The van der Waals surface area contributed by atoms with Crippen LogP contribution >= 0.6 is 7.82 Å². The average molecular weight is 490 g/mol. The largest absolute Gasteiger partial charge is 0.469 e. The van der Waals surface area contributed by atoms with Gasteiger partial charge in [-0.2, -0.15) is 0 Å². The van der Waals surface area contributed by atoms with Crippen LogP contribution in [0.4, 0.5) is 0 Å². The van der Waals surface area contributed by atoms with E-state index >= 15 is 0 Å². The van der Waals surface area contributed by atoms with E-state index in [-0.39, 0.29) is 6.61 Å². The number of phosphoric acid groups is 1. The molecule has 0 radical (unpaired) electrons. The zero-order chi connectivity index (χ0) is 24.3. The van der Waals surface area contributed by atoms with Crippen molar-refractivity contribution in [3.8, 4) is 0 Å². The number of isocyanates is 1. The minimum Gasteiger partial charge on any atom is -0.303 e. The number of unbranched alkanes of at least 4 members (excludes halogenated alkanes) is 22. The van der Waals surface area contributed by atoms with Crippen LogP contribution in [0, 0.1) is 0 Å². The Hall–Kier alpha value is -0.510. The second-order valence-electron chi connectivity index (χ2n) is 9.43. The van der Waals surface area contributed by atoms with Crippen molar-refractivity contribution in [2.45, 2.75) is 148 Å². The smallest absolute Gasteiger partial charge is 0.303 e. The summed E-state index contributed by atoms with van der Waals surface area (Å²) in [6.45, 7) is 0.810. The third kappa shape index (κ3) is 31.5. The van der Waals surface area contributed by atoms with Crippen LogP contribution in [-0.4, -0.2) is 29.0 Å². The Kier molecular flexibility index (Phi) is 25.7. The molecule has 0 atom stereocenters. The molecule has 0 aromatic rings. The van der Waals surface area contributed by atoms with Gasteiger partial charge >= 0.3 is 7.82 Å². The molecule has 33 heavy (non-hydrogen) atoms. The summed E-state index contributed by atoms with van der Waals surface area (Å²) >= 11 is 0. The first-order chi connectivity index (χ1) is 16.1. The fraction of sp³-hybridized carbons (Fsp3) is 0.962. The molecule has 0 fully saturated rings. The fourth-order valence-electron chi connectivity index (χ4n) is 4.23. The number of phosphoric ester groups is 1. The normalized spacial score (nSPS) is 11.6. The quantitative estimate of drug-likeness (QED) is 0.0522. The van der Waals surface area contributed by atoms with E-state index in [2.05, 4.69) is 9.52 Å². The lowest BCUT2D eigenvalue weighted by molar-refractivity contribution is 0.193. The lowest BCUT2D eigenvalue weighted by Crippen LogP contribution is -1.92. The minimum absolute atomic E-state index is 0.160. The van der Waals surface area contributed by atoms with E-state index in [1.165, 1.54) is 122 Å². The van der Waals surface area contributed by atoms with Crippen LogP contribution in [0.15, 0.2) is 4.99 Å². The third-order valence-corrected chi connectivity index (χ3v) is 6.76. The summed E-state index contributed by atoms with van der Waals surface area (Å²) in [5.41, 5.74) is 0. The highest BCUT2D eigenvalue weighted by Gasteiger charge is 2.12. The van der Waals surface area contributed by atoms with Gasteiger partial charge in [0, 0.05) is 0 Å². The summed E-state index contributed by atoms with van der Waals surface area (Å²) in [6.07, 6.45) is 31.1. The molecule has 0 unspecified atom stereocenters. The molecular weight excluding hydrogens is 437 g/mol. The van der Waals surface area contributed by atoms with Crippen molar-refractivity contribution in [3.05, 3.63) is 0 Å². The molecule has 0 spiro atoms. The fourth-order valence-corrected chi connectivity index (χ4v) is 4.60. The van der Waals surface area contributed by atoms with Gasteiger partial charge in [0.1, 0.15) is 0 Å². The summed E-state index contributed by atoms with van der Waals surface area (Å²) in [7, 11) is -4.27. The van der Waals surface area contributed by atoms with Crippen LogP contribution in [0.25, 0.3) is 0 Å². The molecule has 0 bridgehead atoms. The highest BCUT2D eigenvalue weighted by molar-refractivity contribution is 7.46. The second kappa shape index (κ2) is 26.1. The van der Waals surface area contributed by atoms with Gasteiger partial charge < -0.3 is 9.79 Å². The molecule has 0 aliphatic carbocycles. The van der Waals surface area contributed by atoms with Gasteiger partial charge in [0.2, 0.25) is 6.08 Å². The topological polar surface area (TPSA) is 96.2 Å². The number of carbonyl (C=O) groups excluding carboxylic acids is 1. The van der Waals surface area contributed by atoms with Gasteiger partial charge in [0.15, 0.2) is 0 Å². The predicted octanol–water partition coefficient (Wildman–Crippen LogP) is 8.40. The first-order valence-electron chi connectivity index (χ1n) is 13.8. The zero-order valence-corrected chi connectivity index (χ0v) is 22.1. The molecule has 0 heterocycles. The summed E-state index contributed by atoms with van der Waals surface area (Å²) in [5, 5.41) is 0. The Morgan fingerprint density at radius 3 is 1.06 bits per heavy atom. The Balaban J connectivity index is 3.05. The molecule has 0 rings (SSSR count). The van der Waals surface area contributed by atoms with Crippen LogP contribution in [0.2, 0.25) is 0 Å². The lowest BCUT2D eigenvalue weighted by atomic mass is 10.0. The molecule has 6 nitrogen and oxygen atoms in total. The van der Waals surface area contributed by atoms with Crippen LogP contribution in [0.5, 0.6) is 0 Å². The molecule has 0 saturated heterocycles. The molecule has 0 aromatic heterocycles. The Bertz CT molecular complexity index is 491. The Morgan fingerprint density at radius 2 is 0.788 bits per heavy atom. The van der Waals surface area contributed by atoms with Gasteiger partial charge in [-0.05, 0) is 12.8 Å². The summed E-state index contributed by atoms with van der Waals surface area (Å²) < 4.78 is 15.0. The van der Waals surface area contributed by atoms with Crippen LogP contribution in [-0.2, 0) is 13.9 Å². The highest BCUT2D eigenvalue weighted by Crippen LogP contribution is 2.35. The van der Waals surface area contributed by atoms with E-state index in [1.807, 2.05) is 0 Å². The van der Waals surface area contributed by atoms with Crippen LogP contribution < -0.4 is 0 Å². The highest BCUT2D eigenvalue weighted by atomic mass is 31.2. The summed E-state index contributed by atoms with van der Waals surface area (Å²) in [6, 6.07) is 0. The van der Waals surface area contributed by atoms with Crippen molar-refractivity contribution in [1.29, 1.82) is 0 Å². The van der Waals surface area contributed by atoms with Crippen molar-refractivity contribution in [2.75, 3.05) is 13.2 Å². The van der Waals surface area contributed by atoms with Crippen molar-refractivity contribution >= 4 is 13.9 Å². The number of nitrogens with zero attached hydrogens (tertiary/aromatic N) is 1. The zero-order valence-electron chi connectivity index (χ0n) is 21.2. The average Bonchev–Trinajstić information content (AvgIpc) is 2.78. The molecule has 7 heteroatoms. The van der Waals surface area contributed by atoms with Gasteiger partial charge in [0.05, 0.1) is 13.2 Å². The van der Waals surface area contributed by atoms with Gasteiger partial charge in [0.25, 0.3) is 0 Å². The maximum atomic E-state index is 10.5. The maximum absolute atomic E-state index is 10.5. The maximum Gasteiger partial charge on any atom is 0.469 e. The molecular formula is C26H52NO5P. The van der Waals surface area contributed by atoms with Crippen molar-refractivity contribution in [2.24, 2.45) is 4.99 Å². The predicted molar refractivity (Wildman–Crippen MR) is 137 cm³/mol. The second-order valence-corrected chi connectivity index (χ2v) is 10.7. The Morgan fingerprint density at radius 1 is 0.515 bits per heavy atom. The molecule has 0 saturated carbocycles. The van der Waals surface area contributed by atoms with E-state index in [0.717, 1.165) is 25.7 Å². The van der Waals surface area contributed by atoms with Crippen LogP contribution in [0.3, 0.4) is 0 Å². The number of hydrogen-bond donors (Lipinski definition) is 2. The van der Waals surface area contributed by atoms with Gasteiger partial charge in [-0.15, -0.1) is 0 Å². The molecule has 2 N–H and O–H groups in total. The van der Waals surface area contributed by atoms with Crippen molar-refractivity contribution in [3.63, 3.8) is 0 Å². The van der Waals surface area contributed by atoms with Crippen LogP contribution in [0.1, 0.15) is 148 Å². The van der Waals surface area contributed by atoms with Gasteiger partial charge in [-0.25, -0.2) is 14.4 Å². The number of aliphatic imine (C=N–C) groups is 1. The van der Waals surface area contributed by atoms with Gasteiger partial charge in [-0.1, -0.05) is 135 Å². The van der Waals surface area contributed by atoms with E-state index in [0.29, 0.717) is 6.54 Å². The molecule has 196 valence electrons. The molecule has 0 aliphatic rings. The van der Waals surface area contributed by atoms with E-state index in [1.54, 1.807) is 6.08 Å². The lowest BCUT2D eigenvalue weighted by Gasteiger charge is -2.05. The number of rotatable bonds is 27. The first kappa shape index (κ1) is 32.5.